The molecule has 6 N–H and O–H groups in total. The molecule has 282 valence electrons. The van der Waals surface area contributed by atoms with Gasteiger partial charge in [-0.05, 0) is 85.8 Å². The van der Waals surface area contributed by atoms with E-state index in [1.165, 1.54) is 11.3 Å². The van der Waals surface area contributed by atoms with E-state index in [0.29, 0.717) is 59.9 Å². The van der Waals surface area contributed by atoms with Crippen LogP contribution in [0, 0.1) is 0 Å². The summed E-state index contributed by atoms with van der Waals surface area (Å²) in [5.74, 6) is -0.482. The van der Waals surface area contributed by atoms with Gasteiger partial charge in [0, 0.05) is 59.9 Å². The van der Waals surface area contributed by atoms with Gasteiger partial charge in [0.1, 0.15) is 5.75 Å². The number of carbonyl (C=O) groups is 5. The maximum atomic E-state index is 13.5. The number of benzene rings is 3. The largest absolute Gasteiger partial charge is 0.482 e. The first-order valence-electron chi connectivity index (χ1n) is 18.3. The van der Waals surface area contributed by atoms with Gasteiger partial charge in [-0.25, -0.2) is 4.98 Å². The Labute approximate surface area is 318 Å². The highest BCUT2D eigenvalue weighted by Crippen LogP contribution is 2.33. The number of nitrogens with one attached hydrogen (secondary N) is 4. The molecule has 14 heteroatoms. The van der Waals surface area contributed by atoms with Gasteiger partial charge in [-0.2, -0.15) is 0 Å². The number of aromatic nitrogens is 1. The van der Waals surface area contributed by atoms with Crippen molar-refractivity contribution in [2.45, 2.75) is 70.0 Å². The minimum atomic E-state index is -0.594. The molecule has 1 aliphatic heterocycles. The number of anilines is 2. The molecular weight excluding hydrogens is 707 g/mol. The van der Waals surface area contributed by atoms with E-state index >= 15 is 0 Å². The van der Waals surface area contributed by atoms with E-state index in [4.69, 9.17) is 10.5 Å². The van der Waals surface area contributed by atoms with Crippen molar-refractivity contribution in [1.29, 1.82) is 0 Å². The molecule has 0 radical (unpaired) electrons. The first-order chi connectivity index (χ1) is 26.2. The van der Waals surface area contributed by atoms with Gasteiger partial charge in [-0.3, -0.25) is 24.0 Å². The highest BCUT2D eigenvalue weighted by molar-refractivity contribution is 7.07. The lowest BCUT2D eigenvalue weighted by atomic mass is 10.1. The van der Waals surface area contributed by atoms with E-state index < -0.39 is 6.04 Å². The molecule has 2 heterocycles. The molecule has 0 unspecified atom stereocenters. The van der Waals surface area contributed by atoms with Crippen molar-refractivity contribution in [3.63, 3.8) is 0 Å². The van der Waals surface area contributed by atoms with E-state index in [0.717, 1.165) is 56.2 Å². The van der Waals surface area contributed by atoms with Crippen LogP contribution in [0.2, 0.25) is 0 Å². The summed E-state index contributed by atoms with van der Waals surface area (Å²) in [6.45, 7) is 1.47. The van der Waals surface area contributed by atoms with Crippen molar-refractivity contribution in [3.8, 4) is 5.75 Å². The van der Waals surface area contributed by atoms with Gasteiger partial charge in [0.15, 0.2) is 6.61 Å². The first kappa shape index (κ1) is 38.1. The highest BCUT2D eigenvalue weighted by Gasteiger charge is 2.33. The van der Waals surface area contributed by atoms with Gasteiger partial charge in [-0.15, -0.1) is 11.3 Å². The Balaban J connectivity index is 0.873. The van der Waals surface area contributed by atoms with Crippen LogP contribution in [-0.2, 0) is 22.6 Å². The number of unbranched alkanes of at least 4 members (excludes halogenated alkanes) is 4. The van der Waals surface area contributed by atoms with Crippen LogP contribution in [0.25, 0.3) is 0 Å². The molecule has 6 rings (SSSR count). The Morgan fingerprint density at radius 3 is 2.24 bits per heavy atom. The molecular formula is C40H45N7O6S. The summed E-state index contributed by atoms with van der Waals surface area (Å²) in [5, 5.41) is 13.4. The zero-order chi connectivity index (χ0) is 37.9. The summed E-state index contributed by atoms with van der Waals surface area (Å²) in [6.07, 6.45) is 6.97. The summed E-state index contributed by atoms with van der Waals surface area (Å²) in [5.41, 5.74) is 12.0. The van der Waals surface area contributed by atoms with Crippen LogP contribution in [0.3, 0.4) is 0 Å². The lowest BCUT2D eigenvalue weighted by Gasteiger charge is -2.24. The van der Waals surface area contributed by atoms with Crippen molar-refractivity contribution < 1.29 is 28.7 Å². The minimum Gasteiger partial charge on any atom is -0.482 e. The number of carbonyl (C=O) groups excluding carboxylic acids is 5. The van der Waals surface area contributed by atoms with E-state index in [1.807, 2.05) is 22.4 Å². The van der Waals surface area contributed by atoms with Crippen LogP contribution in [0.1, 0.15) is 87.3 Å². The molecule has 3 aromatic carbocycles. The van der Waals surface area contributed by atoms with Crippen LogP contribution >= 0.6 is 11.3 Å². The molecule has 4 aromatic rings. The van der Waals surface area contributed by atoms with Crippen LogP contribution in [0.15, 0.2) is 77.6 Å². The van der Waals surface area contributed by atoms with Crippen LogP contribution in [-0.4, -0.2) is 71.2 Å². The van der Waals surface area contributed by atoms with Crippen molar-refractivity contribution in [2.24, 2.45) is 5.73 Å². The predicted octanol–water partition coefficient (Wildman–Crippen LogP) is 4.90. The van der Waals surface area contributed by atoms with Gasteiger partial charge in [-0.1, -0.05) is 31.4 Å². The monoisotopic (exact) mass is 751 g/mol. The SMILES string of the molecule is N[C@@H](Cc1cscn1)C(=O)NCCCCCCCNC(=O)c1ccc(NC(=O)c2ccc(CN(C(=O)c3ccc4c(c3)OCC(=O)N4)C3CC3)cc2)cc1. The maximum absolute atomic E-state index is 13.5. The standard InChI is InChI=1S/C40H45N7O6S/c41-33(21-31-24-54-25-44-31)39(51)43-19-5-3-1-2-4-18-42-37(49)27-10-13-30(14-11-27)45-38(50)28-8-6-26(7-9-28)22-47(32-15-16-32)40(52)29-12-17-34-35(20-29)53-23-36(48)46-34/h6-14,17,20,24-25,32-33H,1-5,15-16,18-19,21-23,41H2,(H,42,49)(H,43,51)(H,45,50)(H,46,48)/t33-/m0/s1. The number of hydrogen-bond donors (Lipinski definition) is 5. The quantitative estimate of drug-likeness (QED) is 0.0890. The first-order valence-corrected chi connectivity index (χ1v) is 19.2. The molecule has 0 saturated heterocycles. The Kier molecular flexibility index (Phi) is 13.0. The number of rotatable bonds is 18. The van der Waals surface area contributed by atoms with Crippen molar-refractivity contribution in [1.82, 2.24) is 20.5 Å². The van der Waals surface area contributed by atoms with Crippen molar-refractivity contribution in [3.05, 3.63) is 106 Å². The molecule has 2 aliphatic rings. The summed E-state index contributed by atoms with van der Waals surface area (Å²) >= 11 is 1.48. The number of thiazole rings is 1. The fourth-order valence-electron chi connectivity index (χ4n) is 6.08. The molecule has 1 saturated carbocycles. The predicted molar refractivity (Wildman–Crippen MR) is 207 cm³/mol. The third kappa shape index (κ3) is 10.7. The number of fused-ring (bicyclic) bond motifs is 1. The number of nitrogens with zero attached hydrogens (tertiary/aromatic N) is 2. The fourth-order valence-corrected chi connectivity index (χ4v) is 6.65. The van der Waals surface area contributed by atoms with Gasteiger partial charge < -0.3 is 36.6 Å². The number of nitrogens with two attached hydrogens (primary N) is 1. The Morgan fingerprint density at radius 2 is 1.54 bits per heavy atom. The van der Waals surface area contributed by atoms with Gasteiger partial charge in [0.2, 0.25) is 5.91 Å². The van der Waals surface area contributed by atoms with Crippen molar-refractivity contribution in [2.75, 3.05) is 30.3 Å². The Hall–Kier alpha value is -5.60. The number of amides is 5. The third-order valence-electron chi connectivity index (χ3n) is 9.27. The normalized spacial score (nSPS) is 13.8. The second-order valence-corrected chi connectivity index (χ2v) is 14.3. The third-order valence-corrected chi connectivity index (χ3v) is 9.91. The van der Waals surface area contributed by atoms with E-state index in [2.05, 4.69) is 26.3 Å². The minimum absolute atomic E-state index is 0.0828. The summed E-state index contributed by atoms with van der Waals surface area (Å²) in [4.78, 5) is 68.9. The second kappa shape index (κ2) is 18.4. The maximum Gasteiger partial charge on any atom is 0.262 e. The lowest BCUT2D eigenvalue weighted by molar-refractivity contribution is -0.122. The van der Waals surface area contributed by atoms with Crippen LogP contribution in [0.5, 0.6) is 5.75 Å². The Bertz CT molecular complexity index is 1930. The number of ether oxygens (including phenoxy) is 1. The van der Waals surface area contributed by atoms with Gasteiger partial charge in [0.25, 0.3) is 23.6 Å². The van der Waals surface area contributed by atoms with Gasteiger partial charge >= 0.3 is 0 Å². The Morgan fingerprint density at radius 1 is 0.870 bits per heavy atom. The van der Waals surface area contributed by atoms with E-state index in [1.54, 1.807) is 60.1 Å². The van der Waals surface area contributed by atoms with E-state index in [9.17, 15) is 24.0 Å². The molecule has 1 fully saturated rings. The second-order valence-electron chi connectivity index (χ2n) is 13.5. The zero-order valence-electron chi connectivity index (χ0n) is 30.0. The molecule has 13 nitrogen and oxygen atoms in total. The van der Waals surface area contributed by atoms with E-state index in [-0.39, 0.29) is 42.2 Å². The van der Waals surface area contributed by atoms with Crippen LogP contribution in [0.4, 0.5) is 11.4 Å². The fraction of sp³-hybridized carbons (Fsp3) is 0.350. The molecule has 0 spiro atoms. The summed E-state index contributed by atoms with van der Waals surface area (Å²) in [7, 11) is 0. The molecule has 0 bridgehead atoms. The summed E-state index contributed by atoms with van der Waals surface area (Å²) in [6, 6.07) is 18.5. The molecule has 54 heavy (non-hydrogen) atoms. The molecule has 1 aliphatic carbocycles. The zero-order valence-corrected chi connectivity index (χ0v) is 30.8. The molecule has 1 atom stereocenters. The topological polar surface area (TPSA) is 185 Å². The van der Waals surface area contributed by atoms with Crippen molar-refractivity contribution >= 4 is 52.2 Å². The smallest absolute Gasteiger partial charge is 0.262 e. The van der Waals surface area contributed by atoms with Crippen LogP contribution < -0.4 is 31.7 Å². The average molecular weight is 752 g/mol. The lowest BCUT2D eigenvalue weighted by Crippen LogP contribution is -2.42. The molecule has 1 aromatic heterocycles. The number of hydrogen-bond acceptors (Lipinski definition) is 9. The summed E-state index contributed by atoms with van der Waals surface area (Å²) < 4.78 is 5.50. The molecule has 5 amide bonds. The highest BCUT2D eigenvalue weighted by atomic mass is 32.1. The van der Waals surface area contributed by atoms with Gasteiger partial charge in [0.05, 0.1) is 22.9 Å². The average Bonchev–Trinajstić information content (AvgIpc) is 3.90.